The molecule has 0 saturated carbocycles. The summed E-state index contributed by atoms with van der Waals surface area (Å²) in [6, 6.07) is -0.635. The molecule has 3 N–H and O–H groups in total. The number of carbonyl (C=O) groups is 2. The first-order valence-electron chi connectivity index (χ1n) is 31.3. The minimum atomic E-state index is -0.851. The third-order valence-corrected chi connectivity index (χ3v) is 14.4. The van der Waals surface area contributed by atoms with E-state index in [0.29, 0.717) is 19.4 Å². The van der Waals surface area contributed by atoms with Gasteiger partial charge >= 0.3 is 5.97 Å². The van der Waals surface area contributed by atoms with Gasteiger partial charge in [0.05, 0.1) is 25.4 Å². The van der Waals surface area contributed by atoms with Crippen molar-refractivity contribution in [3.63, 3.8) is 0 Å². The van der Waals surface area contributed by atoms with Crippen LogP contribution in [0.1, 0.15) is 335 Å². The Bertz CT molecular complexity index is 1130. The highest BCUT2D eigenvalue weighted by Crippen LogP contribution is 2.18. The Morgan fingerprint density at radius 3 is 1.14 bits per heavy atom. The Morgan fingerprint density at radius 1 is 0.400 bits per heavy atom. The van der Waals surface area contributed by atoms with E-state index < -0.39 is 12.1 Å². The predicted molar refractivity (Wildman–Crippen MR) is 306 cm³/mol. The van der Waals surface area contributed by atoms with Gasteiger partial charge in [-0.2, -0.15) is 0 Å². The van der Waals surface area contributed by atoms with E-state index in [1.807, 2.05) is 6.08 Å². The summed E-state index contributed by atoms with van der Waals surface area (Å²) in [5.74, 6) is -0.0852. The molecule has 2 atom stereocenters. The first-order valence-corrected chi connectivity index (χ1v) is 31.3. The van der Waals surface area contributed by atoms with Crippen molar-refractivity contribution in [2.45, 2.75) is 347 Å². The number of amides is 1. The largest absolute Gasteiger partial charge is 0.466 e. The molecule has 2 unspecified atom stereocenters. The molecule has 0 heterocycles. The molecule has 0 aromatic carbocycles. The van der Waals surface area contributed by atoms with Crippen molar-refractivity contribution in [3.8, 4) is 0 Å². The van der Waals surface area contributed by atoms with E-state index in [1.54, 1.807) is 6.08 Å². The summed E-state index contributed by atoms with van der Waals surface area (Å²) in [4.78, 5) is 24.5. The van der Waals surface area contributed by atoms with E-state index in [1.165, 1.54) is 250 Å². The topological polar surface area (TPSA) is 95.9 Å². The number of hydrogen-bond donors (Lipinski definition) is 3. The zero-order chi connectivity index (χ0) is 50.7. The van der Waals surface area contributed by atoms with E-state index in [9.17, 15) is 19.8 Å². The van der Waals surface area contributed by atoms with Crippen LogP contribution in [0.4, 0.5) is 0 Å². The Hall–Kier alpha value is -1.92. The minimum absolute atomic E-state index is 0.0128. The molecule has 0 saturated heterocycles. The number of rotatable bonds is 58. The average Bonchev–Trinajstić information content (AvgIpc) is 3.36. The zero-order valence-corrected chi connectivity index (χ0v) is 47.0. The third kappa shape index (κ3) is 55.4. The molecule has 6 heteroatoms. The molecule has 0 rings (SSSR count). The molecule has 0 aromatic rings. The molecule has 6 nitrogen and oxygen atoms in total. The first-order chi connectivity index (χ1) is 34.5. The summed E-state index contributed by atoms with van der Waals surface area (Å²) < 4.78 is 5.46. The standard InChI is InChI=1S/C64H121NO5/c1-3-5-7-9-11-13-15-17-18-19-20-21-22-23-24-25-26-29-33-36-40-44-48-52-56-62(67)61(60-66)65-63(68)57-53-49-45-41-37-34-30-27-28-31-35-39-43-47-51-55-59-70-64(69)58-54-50-46-42-38-32-16-14-12-10-8-6-4-2/h8,10,14,16,52,56,61-62,66-67H,3-7,9,11-13,15,17-51,53-55,57-60H2,1-2H3,(H,65,68)/b10-8-,16-14-,56-52+. The van der Waals surface area contributed by atoms with Crippen molar-refractivity contribution in [1.82, 2.24) is 5.32 Å². The summed E-state index contributed by atoms with van der Waals surface area (Å²) in [5.41, 5.74) is 0. The highest BCUT2D eigenvalue weighted by Gasteiger charge is 2.18. The van der Waals surface area contributed by atoms with Gasteiger partial charge in [-0.15, -0.1) is 0 Å². The van der Waals surface area contributed by atoms with E-state index in [0.717, 1.165) is 57.8 Å². The lowest BCUT2D eigenvalue weighted by molar-refractivity contribution is -0.143. The monoisotopic (exact) mass is 984 g/mol. The molecule has 0 aliphatic rings. The van der Waals surface area contributed by atoms with Crippen molar-refractivity contribution < 1.29 is 24.5 Å². The molecule has 0 radical (unpaired) electrons. The van der Waals surface area contributed by atoms with Crippen molar-refractivity contribution in [1.29, 1.82) is 0 Å². The second-order valence-corrected chi connectivity index (χ2v) is 21.4. The van der Waals surface area contributed by atoms with Crippen LogP contribution in [0.15, 0.2) is 36.5 Å². The number of hydrogen-bond acceptors (Lipinski definition) is 5. The fraction of sp³-hybridized carbons (Fsp3) is 0.875. The molecule has 0 aromatic heterocycles. The molecule has 70 heavy (non-hydrogen) atoms. The van der Waals surface area contributed by atoms with E-state index in [2.05, 4.69) is 43.5 Å². The average molecular weight is 985 g/mol. The van der Waals surface area contributed by atoms with Gasteiger partial charge in [0.2, 0.25) is 5.91 Å². The Kier molecular flexibility index (Phi) is 58.0. The van der Waals surface area contributed by atoms with E-state index in [4.69, 9.17) is 4.74 Å². The van der Waals surface area contributed by atoms with Gasteiger partial charge in [-0.05, 0) is 57.8 Å². The maximum Gasteiger partial charge on any atom is 0.305 e. The van der Waals surface area contributed by atoms with Crippen LogP contribution in [-0.2, 0) is 14.3 Å². The van der Waals surface area contributed by atoms with Gasteiger partial charge in [0.15, 0.2) is 0 Å². The van der Waals surface area contributed by atoms with Crippen molar-refractivity contribution in [2.24, 2.45) is 0 Å². The van der Waals surface area contributed by atoms with E-state index in [-0.39, 0.29) is 18.5 Å². The molecule has 0 spiro atoms. The summed E-state index contributed by atoms with van der Waals surface area (Å²) in [7, 11) is 0. The lowest BCUT2D eigenvalue weighted by atomic mass is 10.0. The molecular weight excluding hydrogens is 863 g/mol. The van der Waals surface area contributed by atoms with Crippen LogP contribution in [0.25, 0.3) is 0 Å². The fourth-order valence-corrected chi connectivity index (χ4v) is 9.61. The molecule has 412 valence electrons. The quantitative estimate of drug-likeness (QED) is 0.0321. The highest BCUT2D eigenvalue weighted by molar-refractivity contribution is 5.76. The number of ether oxygens (including phenoxy) is 1. The van der Waals surface area contributed by atoms with Gasteiger partial charge in [-0.3, -0.25) is 9.59 Å². The lowest BCUT2D eigenvalue weighted by Gasteiger charge is -2.20. The van der Waals surface area contributed by atoms with Crippen LogP contribution in [0.5, 0.6) is 0 Å². The van der Waals surface area contributed by atoms with Crippen molar-refractivity contribution >= 4 is 11.9 Å². The van der Waals surface area contributed by atoms with Gasteiger partial charge in [0, 0.05) is 12.8 Å². The molecule has 0 aliphatic carbocycles. The first kappa shape index (κ1) is 68.1. The summed E-state index contributed by atoms with van der Waals surface area (Å²) in [5, 5.41) is 23.2. The van der Waals surface area contributed by atoms with Gasteiger partial charge in [-0.25, -0.2) is 0 Å². The Balaban J connectivity index is 3.46. The number of aliphatic hydroxyl groups excluding tert-OH is 2. The minimum Gasteiger partial charge on any atom is -0.466 e. The highest BCUT2D eigenvalue weighted by atomic mass is 16.5. The third-order valence-electron chi connectivity index (χ3n) is 14.4. The maximum absolute atomic E-state index is 12.5. The van der Waals surface area contributed by atoms with E-state index >= 15 is 0 Å². The van der Waals surface area contributed by atoms with Crippen molar-refractivity contribution in [2.75, 3.05) is 13.2 Å². The van der Waals surface area contributed by atoms with Crippen LogP contribution >= 0.6 is 0 Å². The van der Waals surface area contributed by atoms with Gasteiger partial charge < -0.3 is 20.3 Å². The lowest BCUT2D eigenvalue weighted by Crippen LogP contribution is -2.45. The number of nitrogens with one attached hydrogen (secondary N) is 1. The Morgan fingerprint density at radius 2 is 0.743 bits per heavy atom. The number of unbranched alkanes of at least 4 members (excludes halogenated alkanes) is 43. The van der Waals surface area contributed by atoms with Crippen LogP contribution in [0.2, 0.25) is 0 Å². The summed E-state index contributed by atoms with van der Waals surface area (Å²) in [6.45, 7) is 4.84. The second-order valence-electron chi connectivity index (χ2n) is 21.4. The zero-order valence-electron chi connectivity index (χ0n) is 47.0. The van der Waals surface area contributed by atoms with Gasteiger partial charge in [0.1, 0.15) is 0 Å². The molecule has 0 bridgehead atoms. The SMILES string of the molecule is CCC/C=C\C/C=C\CCCCCCCC(=O)OCCCCCCCCCCCCCCCCCCC(=O)NC(CO)C(O)/C=C/CCCCCCCCCCCCCCCCCCCCCCCC. The number of esters is 1. The van der Waals surface area contributed by atoms with Crippen LogP contribution in [0.3, 0.4) is 0 Å². The predicted octanol–water partition coefficient (Wildman–Crippen LogP) is 19.6. The van der Waals surface area contributed by atoms with Crippen molar-refractivity contribution in [3.05, 3.63) is 36.5 Å². The van der Waals surface area contributed by atoms with Gasteiger partial charge in [0.25, 0.3) is 0 Å². The number of aliphatic hydroxyl groups is 2. The number of allylic oxidation sites excluding steroid dienone is 5. The molecule has 0 fully saturated rings. The van der Waals surface area contributed by atoms with Crippen LogP contribution in [0, 0.1) is 0 Å². The maximum atomic E-state index is 12.5. The normalized spacial score (nSPS) is 12.8. The molecule has 1 amide bonds. The number of carbonyl (C=O) groups excluding carboxylic acids is 2. The van der Waals surface area contributed by atoms with Crippen LogP contribution < -0.4 is 5.32 Å². The smallest absolute Gasteiger partial charge is 0.305 e. The summed E-state index contributed by atoms with van der Waals surface area (Å²) >= 11 is 0. The summed E-state index contributed by atoms with van der Waals surface area (Å²) in [6.07, 6.45) is 74.7. The van der Waals surface area contributed by atoms with Crippen LogP contribution in [-0.4, -0.2) is 47.4 Å². The molecule has 0 aliphatic heterocycles. The Labute approximate surface area is 436 Å². The van der Waals surface area contributed by atoms with Gasteiger partial charge in [-0.1, -0.05) is 301 Å². The molecular formula is C64H121NO5. The second kappa shape index (κ2) is 59.6. The fourth-order valence-electron chi connectivity index (χ4n) is 9.61.